The molecule has 7 nitrogen and oxygen atoms in total. The summed E-state index contributed by atoms with van der Waals surface area (Å²) in [4.78, 5) is 22.1. The molecular weight excluding hydrogens is 286 g/mol. The van der Waals surface area contributed by atoms with Gasteiger partial charge in [0.05, 0.1) is 18.0 Å². The summed E-state index contributed by atoms with van der Waals surface area (Å²) >= 11 is 0. The van der Waals surface area contributed by atoms with Gasteiger partial charge in [0.1, 0.15) is 0 Å². The van der Waals surface area contributed by atoms with Gasteiger partial charge < -0.3 is 15.8 Å². The quantitative estimate of drug-likeness (QED) is 0.534. The Labute approximate surface area is 130 Å². The molecule has 1 rings (SSSR count). The van der Waals surface area contributed by atoms with Crippen LogP contribution in [-0.4, -0.2) is 30.0 Å². The van der Waals surface area contributed by atoms with E-state index in [-0.39, 0.29) is 36.4 Å². The predicted molar refractivity (Wildman–Crippen MR) is 83.6 cm³/mol. The first-order valence-corrected chi connectivity index (χ1v) is 7.29. The highest BCUT2D eigenvalue weighted by molar-refractivity contribution is 5.76. The molecule has 0 bridgehead atoms. The van der Waals surface area contributed by atoms with E-state index in [4.69, 9.17) is 10.5 Å². The van der Waals surface area contributed by atoms with Crippen LogP contribution in [0.25, 0.3) is 0 Å². The first kappa shape index (κ1) is 17.9. The van der Waals surface area contributed by atoms with Crippen molar-refractivity contribution in [1.82, 2.24) is 5.32 Å². The molecule has 0 aliphatic heterocycles. The summed E-state index contributed by atoms with van der Waals surface area (Å²) in [6, 6.07) is 6.03. The zero-order valence-corrected chi connectivity index (χ0v) is 13.0. The van der Waals surface area contributed by atoms with Crippen molar-refractivity contribution in [1.29, 1.82) is 0 Å². The number of hydrogen-bond donors (Lipinski definition) is 2. The van der Waals surface area contributed by atoms with Crippen LogP contribution in [0.4, 0.5) is 5.69 Å². The molecular formula is C15H23N3O4. The summed E-state index contributed by atoms with van der Waals surface area (Å²) in [6.07, 6.45) is 0.938. The standard InChI is InChI=1S/C15H23N3O4/c1-11(2)9-12(10-16)17-15(19)7-8-22-14-6-4-3-5-13(14)18(20)21/h3-6,11-12H,7-10,16H2,1-2H3,(H,17,19). The number of rotatable bonds is 9. The monoisotopic (exact) mass is 309 g/mol. The van der Waals surface area contributed by atoms with E-state index in [0.29, 0.717) is 12.5 Å². The van der Waals surface area contributed by atoms with E-state index < -0.39 is 4.92 Å². The number of ether oxygens (including phenoxy) is 1. The predicted octanol–water partition coefficient (Wildman–Crippen LogP) is 1.85. The Bertz CT molecular complexity index is 505. The van der Waals surface area contributed by atoms with Gasteiger partial charge in [-0.1, -0.05) is 26.0 Å². The van der Waals surface area contributed by atoms with Crippen molar-refractivity contribution in [2.45, 2.75) is 32.7 Å². The van der Waals surface area contributed by atoms with Crippen LogP contribution < -0.4 is 15.8 Å². The van der Waals surface area contributed by atoms with Crippen LogP contribution in [0.1, 0.15) is 26.7 Å². The van der Waals surface area contributed by atoms with Crippen molar-refractivity contribution in [3.05, 3.63) is 34.4 Å². The average Bonchev–Trinajstić information content (AvgIpc) is 2.46. The lowest BCUT2D eigenvalue weighted by atomic mass is 10.0. The Morgan fingerprint density at radius 2 is 2.09 bits per heavy atom. The van der Waals surface area contributed by atoms with Gasteiger partial charge in [-0.3, -0.25) is 14.9 Å². The molecule has 3 N–H and O–H groups in total. The van der Waals surface area contributed by atoms with E-state index in [1.54, 1.807) is 12.1 Å². The number of amides is 1. The highest BCUT2D eigenvalue weighted by Gasteiger charge is 2.15. The van der Waals surface area contributed by atoms with Crippen molar-refractivity contribution >= 4 is 11.6 Å². The van der Waals surface area contributed by atoms with Crippen LogP contribution in [0.3, 0.4) is 0 Å². The molecule has 1 amide bonds. The fourth-order valence-corrected chi connectivity index (χ4v) is 2.07. The summed E-state index contributed by atoms with van der Waals surface area (Å²) in [5.74, 6) is 0.435. The topological polar surface area (TPSA) is 107 Å². The minimum Gasteiger partial charge on any atom is -0.486 e. The maximum Gasteiger partial charge on any atom is 0.310 e. The average molecular weight is 309 g/mol. The number of benzene rings is 1. The number of para-hydroxylation sites is 2. The molecule has 0 aromatic heterocycles. The number of nitrogens with one attached hydrogen (secondary N) is 1. The summed E-state index contributed by atoms with van der Waals surface area (Å²) in [5.41, 5.74) is 5.51. The Morgan fingerprint density at radius 3 is 2.68 bits per heavy atom. The zero-order valence-electron chi connectivity index (χ0n) is 13.0. The third-order valence-electron chi connectivity index (χ3n) is 3.05. The highest BCUT2D eigenvalue weighted by atomic mass is 16.6. The number of nitrogens with two attached hydrogens (primary N) is 1. The SMILES string of the molecule is CC(C)CC(CN)NC(=O)CCOc1ccccc1[N+](=O)[O-]. The maximum atomic E-state index is 11.8. The Kier molecular flexibility index (Phi) is 7.31. The zero-order chi connectivity index (χ0) is 16.5. The van der Waals surface area contributed by atoms with Crippen LogP contribution in [-0.2, 0) is 4.79 Å². The molecule has 0 radical (unpaired) electrons. The van der Waals surface area contributed by atoms with E-state index in [1.807, 2.05) is 0 Å². The lowest BCUT2D eigenvalue weighted by molar-refractivity contribution is -0.385. The molecule has 1 atom stereocenters. The maximum absolute atomic E-state index is 11.8. The second kappa shape index (κ2) is 8.99. The van der Waals surface area contributed by atoms with Gasteiger partial charge in [-0.2, -0.15) is 0 Å². The summed E-state index contributed by atoms with van der Waals surface area (Å²) in [5, 5.41) is 13.7. The highest BCUT2D eigenvalue weighted by Crippen LogP contribution is 2.25. The van der Waals surface area contributed by atoms with Gasteiger partial charge in [-0.15, -0.1) is 0 Å². The molecule has 0 fully saturated rings. The molecule has 0 spiro atoms. The molecule has 1 aromatic rings. The Hall–Kier alpha value is -2.15. The van der Waals surface area contributed by atoms with Gasteiger partial charge in [-0.05, 0) is 18.4 Å². The summed E-state index contributed by atoms with van der Waals surface area (Å²) in [6.45, 7) is 4.59. The van der Waals surface area contributed by atoms with E-state index in [2.05, 4.69) is 19.2 Å². The van der Waals surface area contributed by atoms with Gasteiger partial charge in [0.15, 0.2) is 5.75 Å². The third kappa shape index (κ3) is 6.09. The molecule has 7 heteroatoms. The normalized spacial score (nSPS) is 12.0. The third-order valence-corrected chi connectivity index (χ3v) is 3.05. The van der Waals surface area contributed by atoms with Gasteiger partial charge >= 0.3 is 5.69 Å². The first-order valence-electron chi connectivity index (χ1n) is 7.29. The largest absolute Gasteiger partial charge is 0.486 e. The number of carbonyl (C=O) groups is 1. The van der Waals surface area contributed by atoms with E-state index in [9.17, 15) is 14.9 Å². The molecule has 0 heterocycles. The van der Waals surface area contributed by atoms with Crippen LogP contribution >= 0.6 is 0 Å². The van der Waals surface area contributed by atoms with Gasteiger partial charge in [0.2, 0.25) is 5.91 Å². The number of nitrogens with zero attached hydrogens (tertiary/aromatic N) is 1. The number of carbonyl (C=O) groups excluding carboxylic acids is 1. The van der Waals surface area contributed by atoms with Gasteiger partial charge in [0, 0.05) is 18.7 Å². The van der Waals surface area contributed by atoms with E-state index in [1.165, 1.54) is 12.1 Å². The smallest absolute Gasteiger partial charge is 0.310 e. The molecule has 0 saturated heterocycles. The van der Waals surface area contributed by atoms with Crippen molar-refractivity contribution in [3.63, 3.8) is 0 Å². The minimum absolute atomic E-state index is 0.0569. The van der Waals surface area contributed by atoms with Crippen molar-refractivity contribution in [2.24, 2.45) is 11.7 Å². The van der Waals surface area contributed by atoms with Gasteiger partial charge in [0.25, 0.3) is 0 Å². The fourth-order valence-electron chi connectivity index (χ4n) is 2.07. The van der Waals surface area contributed by atoms with Gasteiger partial charge in [-0.25, -0.2) is 0 Å². The first-order chi connectivity index (χ1) is 10.4. The number of hydrogen-bond acceptors (Lipinski definition) is 5. The lowest BCUT2D eigenvalue weighted by Gasteiger charge is -2.18. The van der Waals surface area contributed by atoms with E-state index >= 15 is 0 Å². The Balaban J connectivity index is 2.44. The van der Waals surface area contributed by atoms with Crippen LogP contribution in [0, 0.1) is 16.0 Å². The second-order valence-electron chi connectivity index (χ2n) is 5.45. The fraction of sp³-hybridized carbons (Fsp3) is 0.533. The van der Waals surface area contributed by atoms with E-state index in [0.717, 1.165) is 6.42 Å². The molecule has 0 saturated carbocycles. The number of nitro benzene ring substituents is 1. The lowest BCUT2D eigenvalue weighted by Crippen LogP contribution is -2.41. The molecule has 0 aliphatic rings. The van der Waals surface area contributed by atoms with Crippen LogP contribution in [0.5, 0.6) is 5.75 Å². The van der Waals surface area contributed by atoms with Crippen molar-refractivity contribution < 1.29 is 14.5 Å². The number of nitro groups is 1. The van der Waals surface area contributed by atoms with Crippen molar-refractivity contribution in [3.8, 4) is 5.75 Å². The molecule has 1 aromatic carbocycles. The molecule has 22 heavy (non-hydrogen) atoms. The second-order valence-corrected chi connectivity index (χ2v) is 5.45. The minimum atomic E-state index is -0.511. The molecule has 0 aliphatic carbocycles. The Morgan fingerprint density at radius 1 is 1.41 bits per heavy atom. The van der Waals surface area contributed by atoms with Crippen molar-refractivity contribution in [2.75, 3.05) is 13.2 Å². The molecule has 122 valence electrons. The summed E-state index contributed by atoms with van der Waals surface area (Å²) in [7, 11) is 0. The molecule has 1 unspecified atom stereocenters. The van der Waals surface area contributed by atoms with Crippen LogP contribution in [0.15, 0.2) is 24.3 Å². The summed E-state index contributed by atoms with van der Waals surface area (Å²) < 4.78 is 5.33. The van der Waals surface area contributed by atoms with Crippen LogP contribution in [0.2, 0.25) is 0 Å².